The zero-order chi connectivity index (χ0) is 12.8. The third-order valence-electron chi connectivity index (χ3n) is 2.09. The maximum atomic E-state index is 10.6. The van der Waals surface area contributed by atoms with Crippen LogP contribution in [0.2, 0.25) is 0 Å². The predicted octanol–water partition coefficient (Wildman–Crippen LogP) is 3.69. The minimum Gasteiger partial charge on any atom is -0.298 e. The van der Waals surface area contributed by atoms with Gasteiger partial charge in [-0.2, -0.15) is 5.26 Å². The summed E-state index contributed by atoms with van der Waals surface area (Å²) in [4.78, 5) is 10.6. The molecule has 0 amide bonds. The molecule has 0 aromatic heterocycles. The maximum Gasteiger partial charge on any atom is 0.150 e. The van der Waals surface area contributed by atoms with Gasteiger partial charge in [0.05, 0.1) is 11.6 Å². The van der Waals surface area contributed by atoms with Crippen LogP contribution >= 0.6 is 0 Å². The second kappa shape index (κ2) is 6.07. The standard InChI is InChI=1S/C12H13NO.C2H6/c1-12(2,3)11-5-9(7-13)4-10(6-11)8-14;1-2/h4-6,8H,1-3H3;1-2H3. The summed E-state index contributed by atoms with van der Waals surface area (Å²) >= 11 is 0. The molecule has 0 aliphatic rings. The van der Waals surface area contributed by atoms with Gasteiger partial charge >= 0.3 is 0 Å². The van der Waals surface area contributed by atoms with Crippen molar-refractivity contribution in [2.75, 3.05) is 0 Å². The van der Waals surface area contributed by atoms with Crippen molar-refractivity contribution in [1.29, 1.82) is 5.26 Å². The summed E-state index contributed by atoms with van der Waals surface area (Å²) in [5, 5.41) is 8.78. The Morgan fingerprint density at radius 1 is 1.19 bits per heavy atom. The first-order valence-corrected chi connectivity index (χ1v) is 5.48. The summed E-state index contributed by atoms with van der Waals surface area (Å²) in [5.74, 6) is 0. The molecular formula is C14H19NO. The number of rotatable bonds is 1. The minimum absolute atomic E-state index is 0.0371. The zero-order valence-electron chi connectivity index (χ0n) is 10.7. The highest BCUT2D eigenvalue weighted by Gasteiger charge is 2.14. The van der Waals surface area contributed by atoms with Gasteiger partial charge in [0.2, 0.25) is 0 Å². The van der Waals surface area contributed by atoms with Crippen molar-refractivity contribution in [2.24, 2.45) is 0 Å². The third kappa shape index (κ3) is 3.86. The average Bonchev–Trinajstić information content (AvgIpc) is 2.29. The lowest BCUT2D eigenvalue weighted by Crippen LogP contribution is -2.11. The molecule has 1 rings (SSSR count). The van der Waals surface area contributed by atoms with Crippen molar-refractivity contribution >= 4 is 6.29 Å². The summed E-state index contributed by atoms with van der Waals surface area (Å²) < 4.78 is 0. The minimum atomic E-state index is -0.0371. The van der Waals surface area contributed by atoms with E-state index in [1.807, 2.05) is 26.0 Å². The van der Waals surface area contributed by atoms with Crippen molar-refractivity contribution in [3.05, 3.63) is 34.9 Å². The van der Waals surface area contributed by atoms with Crippen LogP contribution in [-0.2, 0) is 5.41 Å². The number of hydrogen-bond acceptors (Lipinski definition) is 2. The molecule has 2 nitrogen and oxygen atoms in total. The summed E-state index contributed by atoms with van der Waals surface area (Å²) in [6.07, 6.45) is 0.774. The fourth-order valence-electron chi connectivity index (χ4n) is 1.22. The SMILES string of the molecule is CC.CC(C)(C)c1cc(C#N)cc(C=O)c1. The summed E-state index contributed by atoms with van der Waals surface area (Å²) in [6, 6.07) is 7.31. The van der Waals surface area contributed by atoms with Crippen molar-refractivity contribution in [2.45, 2.75) is 40.0 Å². The largest absolute Gasteiger partial charge is 0.298 e. The molecule has 0 atom stereocenters. The van der Waals surface area contributed by atoms with Crippen molar-refractivity contribution in [3.63, 3.8) is 0 Å². The van der Waals surface area contributed by atoms with Gasteiger partial charge in [-0.25, -0.2) is 0 Å². The number of benzene rings is 1. The van der Waals surface area contributed by atoms with E-state index in [1.54, 1.807) is 6.07 Å². The molecule has 2 heteroatoms. The van der Waals surface area contributed by atoms with E-state index < -0.39 is 0 Å². The van der Waals surface area contributed by atoms with Crippen LogP contribution < -0.4 is 0 Å². The van der Waals surface area contributed by atoms with Crippen LogP contribution in [0.3, 0.4) is 0 Å². The van der Waals surface area contributed by atoms with E-state index >= 15 is 0 Å². The lowest BCUT2D eigenvalue weighted by atomic mass is 9.85. The fraction of sp³-hybridized carbons (Fsp3) is 0.429. The molecule has 0 aliphatic carbocycles. The predicted molar refractivity (Wildman–Crippen MR) is 66.6 cm³/mol. The van der Waals surface area contributed by atoms with Crippen LogP contribution in [0.5, 0.6) is 0 Å². The van der Waals surface area contributed by atoms with Crippen LogP contribution in [0.15, 0.2) is 18.2 Å². The molecular weight excluding hydrogens is 198 g/mol. The van der Waals surface area contributed by atoms with Crippen LogP contribution in [0.4, 0.5) is 0 Å². The van der Waals surface area contributed by atoms with Gasteiger partial charge in [0.25, 0.3) is 0 Å². The fourth-order valence-corrected chi connectivity index (χ4v) is 1.22. The monoisotopic (exact) mass is 217 g/mol. The van der Waals surface area contributed by atoms with Crippen LogP contribution in [0, 0.1) is 11.3 Å². The van der Waals surface area contributed by atoms with Gasteiger partial charge in [-0.05, 0) is 29.2 Å². The van der Waals surface area contributed by atoms with Gasteiger partial charge in [0, 0.05) is 5.56 Å². The molecule has 0 bridgehead atoms. The molecule has 86 valence electrons. The van der Waals surface area contributed by atoms with Crippen molar-refractivity contribution in [3.8, 4) is 6.07 Å². The molecule has 0 spiro atoms. The molecule has 16 heavy (non-hydrogen) atoms. The normalized spacial score (nSPS) is 9.75. The first-order chi connectivity index (χ1) is 7.47. The van der Waals surface area contributed by atoms with E-state index in [-0.39, 0.29) is 5.41 Å². The Kier molecular flexibility index (Phi) is 5.46. The highest BCUT2D eigenvalue weighted by Crippen LogP contribution is 2.23. The van der Waals surface area contributed by atoms with E-state index in [2.05, 4.69) is 26.8 Å². The van der Waals surface area contributed by atoms with E-state index in [9.17, 15) is 4.79 Å². The molecule has 1 aromatic carbocycles. The number of nitrogens with zero attached hydrogens (tertiary/aromatic N) is 1. The molecule has 0 unspecified atom stereocenters. The second-order valence-corrected chi connectivity index (χ2v) is 4.32. The van der Waals surface area contributed by atoms with E-state index in [1.165, 1.54) is 0 Å². The Morgan fingerprint density at radius 3 is 2.12 bits per heavy atom. The Morgan fingerprint density at radius 2 is 1.75 bits per heavy atom. The summed E-state index contributed by atoms with van der Waals surface area (Å²) in [6.45, 7) is 10.2. The number of aldehydes is 1. The molecule has 0 fully saturated rings. The van der Waals surface area contributed by atoms with Crippen LogP contribution in [0.1, 0.15) is 56.1 Å². The maximum absolute atomic E-state index is 10.6. The Hall–Kier alpha value is -1.62. The first-order valence-electron chi connectivity index (χ1n) is 5.48. The van der Waals surface area contributed by atoms with Crippen molar-refractivity contribution in [1.82, 2.24) is 0 Å². The summed E-state index contributed by atoms with van der Waals surface area (Å²) in [5.41, 5.74) is 2.08. The van der Waals surface area contributed by atoms with Gasteiger partial charge in [0.1, 0.15) is 6.29 Å². The topological polar surface area (TPSA) is 40.9 Å². The van der Waals surface area contributed by atoms with E-state index in [4.69, 9.17) is 5.26 Å². The van der Waals surface area contributed by atoms with Gasteiger partial charge in [0.15, 0.2) is 0 Å². The van der Waals surface area contributed by atoms with Gasteiger partial charge < -0.3 is 0 Å². The molecule has 0 N–H and O–H groups in total. The lowest BCUT2D eigenvalue weighted by molar-refractivity contribution is 0.112. The molecule has 0 saturated heterocycles. The molecule has 0 saturated carbocycles. The lowest BCUT2D eigenvalue weighted by Gasteiger charge is -2.19. The van der Waals surface area contributed by atoms with Crippen LogP contribution in [-0.4, -0.2) is 6.29 Å². The van der Waals surface area contributed by atoms with Crippen molar-refractivity contribution < 1.29 is 4.79 Å². The number of carbonyl (C=O) groups is 1. The Labute approximate surface area is 97.9 Å². The zero-order valence-corrected chi connectivity index (χ0v) is 10.7. The average molecular weight is 217 g/mol. The Bertz CT molecular complexity index is 394. The highest BCUT2D eigenvalue weighted by molar-refractivity contribution is 5.76. The molecule has 0 radical (unpaired) electrons. The molecule has 0 aliphatic heterocycles. The quantitative estimate of drug-likeness (QED) is 0.673. The van der Waals surface area contributed by atoms with Crippen LogP contribution in [0.25, 0.3) is 0 Å². The number of hydrogen-bond donors (Lipinski definition) is 0. The van der Waals surface area contributed by atoms with Gasteiger partial charge in [-0.1, -0.05) is 34.6 Å². The second-order valence-electron chi connectivity index (χ2n) is 4.32. The van der Waals surface area contributed by atoms with E-state index in [0.29, 0.717) is 11.1 Å². The smallest absolute Gasteiger partial charge is 0.150 e. The summed E-state index contributed by atoms with van der Waals surface area (Å²) in [7, 11) is 0. The highest BCUT2D eigenvalue weighted by atomic mass is 16.1. The number of carbonyl (C=O) groups excluding carboxylic acids is 1. The first kappa shape index (κ1) is 14.4. The Balaban J connectivity index is 0.00000106. The van der Waals surface area contributed by atoms with E-state index in [0.717, 1.165) is 11.8 Å². The van der Waals surface area contributed by atoms with Gasteiger partial charge in [-0.3, -0.25) is 4.79 Å². The number of nitriles is 1. The molecule has 0 heterocycles. The third-order valence-corrected chi connectivity index (χ3v) is 2.09. The van der Waals surface area contributed by atoms with Gasteiger partial charge in [-0.15, -0.1) is 0 Å². The molecule has 1 aromatic rings.